The molecule has 0 aromatic rings. The van der Waals surface area contributed by atoms with Crippen LogP contribution in [0.15, 0.2) is 0 Å². The van der Waals surface area contributed by atoms with Crippen molar-refractivity contribution in [3.05, 3.63) is 0 Å². The van der Waals surface area contributed by atoms with Crippen molar-refractivity contribution >= 4 is 5.97 Å². The van der Waals surface area contributed by atoms with E-state index in [0.717, 1.165) is 0 Å². The highest BCUT2D eigenvalue weighted by molar-refractivity contribution is 5.73. The lowest BCUT2D eigenvalue weighted by atomic mass is 9.83. The van der Waals surface area contributed by atoms with E-state index in [1.165, 1.54) is 0 Å². The van der Waals surface area contributed by atoms with E-state index in [1.807, 2.05) is 0 Å². The molecule has 0 amide bonds. The van der Waals surface area contributed by atoms with Gasteiger partial charge in [0.25, 0.3) is 6.17 Å². The van der Waals surface area contributed by atoms with Crippen LogP contribution in [-0.4, -0.2) is 106 Å². The summed E-state index contributed by atoms with van der Waals surface area (Å²) < 4.78 is 427. The van der Waals surface area contributed by atoms with E-state index in [1.54, 1.807) is 0 Å². The number of rotatable bonds is 15. The molecule has 1 N–H and O–H groups in total. The highest BCUT2D eigenvalue weighted by Gasteiger charge is 3.01. The molecule has 0 aliphatic rings. The largest absolute Gasteiger partial charge is 0.479 e. The zero-order valence-corrected chi connectivity index (χ0v) is 21.5. The summed E-state index contributed by atoms with van der Waals surface area (Å²) in [4.78, 5) is 9.99. The molecule has 0 aliphatic carbocycles. The average Bonchev–Trinajstić information content (AvgIpc) is 2.90. The maximum atomic E-state index is 13.8. The molecule has 0 aromatic carbocycles. The van der Waals surface area contributed by atoms with Gasteiger partial charge in [0.15, 0.2) is 0 Å². The van der Waals surface area contributed by atoms with Crippen LogP contribution in [0.3, 0.4) is 0 Å². The van der Waals surface area contributed by atoms with Crippen LogP contribution in [0.4, 0.5) is 140 Å². The number of hydrogen-bond donors (Lipinski definition) is 1. The van der Waals surface area contributed by atoms with Crippen molar-refractivity contribution in [1.82, 2.24) is 0 Å². The van der Waals surface area contributed by atoms with Gasteiger partial charge < -0.3 is 5.11 Å². The predicted octanol–water partition coefficient (Wildman–Crippen LogP) is 9.87. The fourth-order valence-corrected chi connectivity index (χ4v) is 2.87. The SMILES string of the molecule is O=C(O)C(F)C(F)(F)C(F)(F)C(F)(F)C(F)(F)C(F)(F)C(F)(F)C(F)(F)C(F)(F)C(F)(F)C(F)(F)C(F)(F)C(F)(F)C(F)(F)C(F)(F)C(F)(F)F. The molecule has 1 unspecified atom stereocenters. The van der Waals surface area contributed by atoms with Crippen molar-refractivity contribution in [3.8, 4) is 0 Å². The number of carboxylic acids is 1. The van der Waals surface area contributed by atoms with Crippen molar-refractivity contribution in [2.75, 3.05) is 0 Å². The van der Waals surface area contributed by atoms with Gasteiger partial charge in [-0.15, -0.1) is 0 Å². The van der Waals surface area contributed by atoms with Crippen LogP contribution in [-0.2, 0) is 4.79 Å². The van der Waals surface area contributed by atoms with Gasteiger partial charge in [-0.3, -0.25) is 0 Å². The second-order valence-electron chi connectivity index (χ2n) is 9.29. The van der Waals surface area contributed by atoms with E-state index in [9.17, 15) is 145 Å². The minimum Gasteiger partial charge on any atom is -0.479 e. The average molecular weight is 846 g/mol. The summed E-state index contributed by atoms with van der Waals surface area (Å²) in [6.07, 6.45) is -14.4. The third kappa shape index (κ3) is 5.44. The Labute approximate surface area is 253 Å². The number of aliphatic carboxylic acids is 1. The molecule has 0 bridgehead atoms. The second-order valence-corrected chi connectivity index (χ2v) is 9.29. The lowest BCUT2D eigenvalue weighted by molar-refractivity contribution is -0.489. The third-order valence-corrected chi connectivity index (χ3v) is 6.04. The van der Waals surface area contributed by atoms with Crippen LogP contribution in [0, 0.1) is 0 Å². The topological polar surface area (TPSA) is 37.3 Å². The fraction of sp³-hybridized carbons (Fsp3) is 0.941. The van der Waals surface area contributed by atoms with Crippen molar-refractivity contribution in [2.24, 2.45) is 0 Å². The molecule has 0 aliphatic heterocycles. The van der Waals surface area contributed by atoms with Crippen LogP contribution in [0.1, 0.15) is 0 Å². The molecular weight excluding hydrogens is 844 g/mol. The molecule has 1 atom stereocenters. The van der Waals surface area contributed by atoms with Crippen LogP contribution in [0.2, 0.25) is 0 Å². The monoisotopic (exact) mass is 846 g/mol. The Kier molecular flexibility index (Phi) is 11.0. The van der Waals surface area contributed by atoms with Gasteiger partial charge in [0.2, 0.25) is 0 Å². The normalized spacial score (nSPS) is 17.5. The van der Waals surface area contributed by atoms with E-state index >= 15 is 0 Å². The summed E-state index contributed by atoms with van der Waals surface area (Å²) in [5, 5.41) is 7.77. The first-order valence-corrected chi connectivity index (χ1v) is 10.6. The maximum Gasteiger partial charge on any atom is 0.460 e. The van der Waals surface area contributed by atoms with Crippen molar-refractivity contribution in [2.45, 2.75) is 95.3 Å². The van der Waals surface area contributed by atoms with Crippen LogP contribution in [0.5, 0.6) is 0 Å². The highest BCUT2D eigenvalue weighted by atomic mass is 19.4. The van der Waals surface area contributed by atoms with E-state index in [-0.39, 0.29) is 0 Å². The first-order chi connectivity index (χ1) is 21.4. The molecule has 51 heavy (non-hydrogen) atoms. The zero-order valence-electron chi connectivity index (χ0n) is 21.5. The van der Waals surface area contributed by atoms with Gasteiger partial charge in [-0.05, 0) is 0 Å². The van der Waals surface area contributed by atoms with Crippen molar-refractivity contribution < 1.29 is 150 Å². The Morgan fingerprint density at radius 3 is 0.569 bits per heavy atom. The van der Waals surface area contributed by atoms with E-state index < -0.39 is 101 Å². The molecule has 0 heterocycles. The Morgan fingerprint density at radius 1 is 0.294 bits per heavy atom. The van der Waals surface area contributed by atoms with Gasteiger partial charge in [-0.2, -0.15) is 136 Å². The minimum absolute atomic E-state index is 4.16. The second kappa shape index (κ2) is 11.6. The van der Waals surface area contributed by atoms with Gasteiger partial charge in [-0.1, -0.05) is 0 Å². The molecule has 0 saturated carbocycles. The van der Waals surface area contributed by atoms with Gasteiger partial charge in [0, 0.05) is 0 Å². The first-order valence-electron chi connectivity index (χ1n) is 10.6. The molecule has 0 saturated heterocycles. The summed E-state index contributed by atoms with van der Waals surface area (Å²) >= 11 is 0. The standard InChI is InChI=1S/C17H2F32O2/c18-1(2(50)51)3(19,20)4(21,22)5(23,24)6(25,26)7(27,28)8(29,30)9(31,32)10(33,34)11(35,36)12(37,38)13(39,40)14(41,42)15(43,44)16(45,46)17(47,48)49/h1H,(H,50,51). The van der Waals surface area contributed by atoms with Gasteiger partial charge in [0.05, 0.1) is 0 Å². The number of halogens is 32. The van der Waals surface area contributed by atoms with Crippen LogP contribution >= 0.6 is 0 Å². The summed E-state index contributed by atoms with van der Waals surface area (Å²) in [5.74, 6) is -139. The summed E-state index contributed by atoms with van der Waals surface area (Å²) in [7, 11) is 0. The maximum absolute atomic E-state index is 13.8. The van der Waals surface area contributed by atoms with Crippen LogP contribution < -0.4 is 0 Å². The summed E-state index contributed by atoms with van der Waals surface area (Å²) in [5.41, 5.74) is 0. The molecule has 34 heteroatoms. The fourth-order valence-electron chi connectivity index (χ4n) is 2.87. The molecule has 306 valence electrons. The number of alkyl halides is 32. The molecule has 2 nitrogen and oxygen atoms in total. The third-order valence-electron chi connectivity index (χ3n) is 6.04. The van der Waals surface area contributed by atoms with Crippen molar-refractivity contribution in [3.63, 3.8) is 0 Å². The number of carboxylic acid groups (broad SMARTS) is 1. The molecule has 0 radical (unpaired) electrons. The first kappa shape index (κ1) is 48.2. The van der Waals surface area contributed by atoms with E-state index in [0.29, 0.717) is 0 Å². The quantitative estimate of drug-likeness (QED) is 0.167. The molecule has 0 spiro atoms. The number of hydrogen-bond acceptors (Lipinski definition) is 1. The van der Waals surface area contributed by atoms with Crippen LogP contribution in [0.25, 0.3) is 0 Å². The molecule has 0 fully saturated rings. The van der Waals surface area contributed by atoms with E-state index in [4.69, 9.17) is 5.11 Å². The van der Waals surface area contributed by atoms with Gasteiger partial charge >= 0.3 is 95.1 Å². The Morgan fingerprint density at radius 2 is 0.431 bits per heavy atom. The Hall–Kier alpha value is -2.77. The summed E-state index contributed by atoms with van der Waals surface area (Å²) in [6.45, 7) is 0. The lowest BCUT2D eigenvalue weighted by Crippen LogP contribution is -2.79. The van der Waals surface area contributed by atoms with E-state index in [2.05, 4.69) is 0 Å². The Bertz CT molecular complexity index is 1300. The zero-order chi connectivity index (χ0) is 42.7. The molecule has 0 aromatic heterocycles. The lowest BCUT2D eigenvalue weighted by Gasteiger charge is -2.46. The molecule has 0 rings (SSSR count). The minimum atomic E-state index is -10.2. The van der Waals surface area contributed by atoms with Gasteiger partial charge in [-0.25, -0.2) is 9.18 Å². The smallest absolute Gasteiger partial charge is 0.460 e. The summed E-state index contributed by atoms with van der Waals surface area (Å²) in [6, 6.07) is 0. The van der Waals surface area contributed by atoms with Crippen molar-refractivity contribution in [1.29, 1.82) is 0 Å². The molecular formula is C17H2F32O2. The predicted molar refractivity (Wildman–Crippen MR) is 87.8 cm³/mol. The number of carbonyl (C=O) groups is 1. The highest BCUT2D eigenvalue weighted by Crippen LogP contribution is 2.69. The Balaban J connectivity index is 7.70. The van der Waals surface area contributed by atoms with Gasteiger partial charge in [0.1, 0.15) is 0 Å².